The maximum Gasteiger partial charge on any atom is 0.241 e. The van der Waals surface area contributed by atoms with Crippen LogP contribution in [0, 0.1) is 5.92 Å². The first-order chi connectivity index (χ1) is 8.61. The molecule has 0 spiro atoms. The quantitative estimate of drug-likeness (QED) is 0.675. The zero-order valence-corrected chi connectivity index (χ0v) is 12.2. The fraction of sp³-hybridized carbons (Fsp3) is 0.929. The van der Waals surface area contributed by atoms with Crippen LogP contribution >= 0.6 is 0 Å². The first kappa shape index (κ1) is 15.4. The highest BCUT2D eigenvalue weighted by Gasteiger charge is 2.38. The second kappa shape index (κ2) is 7.74. The second-order valence-corrected chi connectivity index (χ2v) is 5.31. The van der Waals surface area contributed by atoms with Crippen LogP contribution in [-0.4, -0.2) is 42.8 Å². The highest BCUT2D eigenvalue weighted by Crippen LogP contribution is 2.18. The van der Waals surface area contributed by atoms with Crippen LogP contribution in [0.1, 0.15) is 47.0 Å². The van der Waals surface area contributed by atoms with E-state index in [1.165, 1.54) is 0 Å². The molecule has 0 aromatic heterocycles. The van der Waals surface area contributed by atoms with E-state index >= 15 is 0 Å². The van der Waals surface area contributed by atoms with Crippen LogP contribution in [0.15, 0.2) is 0 Å². The van der Waals surface area contributed by atoms with E-state index in [1.807, 2.05) is 4.90 Å². The van der Waals surface area contributed by atoms with Gasteiger partial charge < -0.3 is 9.64 Å². The molecule has 0 aromatic carbocycles. The summed E-state index contributed by atoms with van der Waals surface area (Å²) in [4.78, 5) is 14.2. The molecule has 1 aliphatic heterocycles. The van der Waals surface area contributed by atoms with Crippen LogP contribution < -0.4 is 5.32 Å². The number of nitrogens with one attached hydrogen (secondary N) is 1. The largest absolute Gasteiger partial charge is 0.381 e. The summed E-state index contributed by atoms with van der Waals surface area (Å²) in [5, 5.41) is 3.43. The molecule has 2 unspecified atom stereocenters. The Labute approximate surface area is 111 Å². The zero-order chi connectivity index (χ0) is 13.5. The van der Waals surface area contributed by atoms with Gasteiger partial charge in [-0.15, -0.1) is 0 Å². The molecule has 18 heavy (non-hydrogen) atoms. The van der Waals surface area contributed by atoms with Crippen molar-refractivity contribution in [3.63, 3.8) is 0 Å². The average Bonchev–Trinajstić information content (AvgIpc) is 2.66. The van der Waals surface area contributed by atoms with Crippen molar-refractivity contribution in [2.24, 2.45) is 5.92 Å². The zero-order valence-electron chi connectivity index (χ0n) is 12.2. The highest BCUT2D eigenvalue weighted by atomic mass is 16.5. The van der Waals surface area contributed by atoms with Gasteiger partial charge in [-0.1, -0.05) is 27.7 Å². The summed E-state index contributed by atoms with van der Waals surface area (Å²) in [5.41, 5.74) is 0. The molecule has 1 saturated heterocycles. The van der Waals surface area contributed by atoms with E-state index in [-0.39, 0.29) is 18.1 Å². The van der Waals surface area contributed by atoms with Crippen LogP contribution in [-0.2, 0) is 9.53 Å². The number of rotatable bonds is 8. The first-order valence-corrected chi connectivity index (χ1v) is 7.26. The summed E-state index contributed by atoms with van der Waals surface area (Å²) in [6, 6.07) is -0.00786. The number of carbonyl (C=O) groups is 1. The molecule has 1 N–H and O–H groups in total. The minimum absolute atomic E-state index is 0.00786. The van der Waals surface area contributed by atoms with Crippen molar-refractivity contribution in [2.75, 3.05) is 19.8 Å². The van der Waals surface area contributed by atoms with Gasteiger partial charge in [-0.3, -0.25) is 10.1 Å². The number of carbonyl (C=O) groups excluding carboxylic acids is 1. The van der Waals surface area contributed by atoms with Gasteiger partial charge in [0, 0.05) is 19.8 Å². The lowest BCUT2D eigenvalue weighted by Gasteiger charge is -2.22. The summed E-state index contributed by atoms with van der Waals surface area (Å²) < 4.78 is 5.46. The molecule has 1 rings (SSSR count). The fourth-order valence-corrected chi connectivity index (χ4v) is 2.37. The molecule has 0 radical (unpaired) electrons. The van der Waals surface area contributed by atoms with E-state index in [0.717, 1.165) is 39.0 Å². The molecule has 0 bridgehead atoms. The van der Waals surface area contributed by atoms with Crippen LogP contribution in [0.25, 0.3) is 0 Å². The first-order valence-electron chi connectivity index (χ1n) is 7.26. The van der Waals surface area contributed by atoms with Crippen LogP contribution in [0.4, 0.5) is 0 Å². The molecule has 1 fully saturated rings. The molecule has 0 aliphatic carbocycles. The van der Waals surface area contributed by atoms with Gasteiger partial charge >= 0.3 is 0 Å². The van der Waals surface area contributed by atoms with E-state index in [0.29, 0.717) is 5.92 Å². The van der Waals surface area contributed by atoms with Crippen molar-refractivity contribution in [1.29, 1.82) is 0 Å². The molecule has 1 heterocycles. The third-order valence-electron chi connectivity index (χ3n) is 3.39. The van der Waals surface area contributed by atoms with Crippen molar-refractivity contribution in [3.05, 3.63) is 0 Å². The van der Waals surface area contributed by atoms with E-state index in [9.17, 15) is 4.79 Å². The molecule has 4 heteroatoms. The predicted octanol–water partition coefficient (Wildman–Crippen LogP) is 2.00. The molecule has 2 atom stereocenters. The molecule has 1 amide bonds. The van der Waals surface area contributed by atoms with E-state index in [2.05, 4.69) is 33.0 Å². The van der Waals surface area contributed by atoms with Gasteiger partial charge in [0.2, 0.25) is 5.91 Å². The van der Waals surface area contributed by atoms with E-state index in [1.54, 1.807) is 0 Å². The van der Waals surface area contributed by atoms with Gasteiger partial charge in [0.25, 0.3) is 0 Å². The lowest BCUT2D eigenvalue weighted by Crippen LogP contribution is -2.37. The van der Waals surface area contributed by atoms with E-state index < -0.39 is 0 Å². The SMILES string of the molecule is CCCOCCCN1C(=O)C(C(C)C)NC1CC. The maximum atomic E-state index is 12.3. The maximum absolute atomic E-state index is 12.3. The molecular weight excluding hydrogens is 228 g/mol. The van der Waals surface area contributed by atoms with Gasteiger partial charge in [-0.05, 0) is 25.2 Å². The third kappa shape index (κ3) is 3.95. The Hall–Kier alpha value is -0.610. The normalized spacial score (nSPS) is 24.3. The van der Waals surface area contributed by atoms with Gasteiger partial charge in [-0.25, -0.2) is 0 Å². The van der Waals surface area contributed by atoms with Crippen molar-refractivity contribution < 1.29 is 9.53 Å². The molecule has 0 saturated carbocycles. The number of ether oxygens (including phenoxy) is 1. The van der Waals surface area contributed by atoms with Gasteiger partial charge in [0.05, 0.1) is 12.2 Å². The van der Waals surface area contributed by atoms with Gasteiger partial charge in [0.1, 0.15) is 0 Å². The van der Waals surface area contributed by atoms with Gasteiger partial charge in [-0.2, -0.15) is 0 Å². The molecule has 1 aliphatic rings. The lowest BCUT2D eigenvalue weighted by molar-refractivity contribution is -0.130. The summed E-state index contributed by atoms with van der Waals surface area (Å²) in [6.07, 6.45) is 3.15. The van der Waals surface area contributed by atoms with Crippen molar-refractivity contribution in [1.82, 2.24) is 10.2 Å². The Kier molecular flexibility index (Phi) is 6.65. The van der Waals surface area contributed by atoms with Gasteiger partial charge in [0.15, 0.2) is 0 Å². The molecular formula is C14H28N2O2. The smallest absolute Gasteiger partial charge is 0.241 e. The average molecular weight is 256 g/mol. The Balaban J connectivity index is 2.39. The standard InChI is InChI=1S/C14H28N2O2/c1-5-9-18-10-7-8-16-12(6-2)15-13(11(3)4)14(16)17/h11-13,15H,5-10H2,1-4H3. The number of hydrogen-bond donors (Lipinski definition) is 1. The van der Waals surface area contributed by atoms with Crippen LogP contribution in [0.3, 0.4) is 0 Å². The Morgan fingerprint density at radius 1 is 1.33 bits per heavy atom. The minimum atomic E-state index is -0.00786. The minimum Gasteiger partial charge on any atom is -0.381 e. The van der Waals surface area contributed by atoms with Crippen molar-refractivity contribution >= 4 is 5.91 Å². The summed E-state index contributed by atoms with van der Waals surface area (Å²) in [7, 11) is 0. The van der Waals surface area contributed by atoms with Crippen LogP contribution in [0.2, 0.25) is 0 Å². The summed E-state index contributed by atoms with van der Waals surface area (Å²) in [5.74, 6) is 0.611. The third-order valence-corrected chi connectivity index (χ3v) is 3.39. The van der Waals surface area contributed by atoms with Crippen LogP contribution in [0.5, 0.6) is 0 Å². The highest BCUT2D eigenvalue weighted by molar-refractivity contribution is 5.84. The fourth-order valence-electron chi connectivity index (χ4n) is 2.37. The summed E-state index contributed by atoms with van der Waals surface area (Å²) in [6.45, 7) is 10.8. The molecule has 4 nitrogen and oxygen atoms in total. The topological polar surface area (TPSA) is 41.6 Å². The second-order valence-electron chi connectivity index (χ2n) is 5.31. The Bertz CT molecular complexity index is 256. The Morgan fingerprint density at radius 2 is 2.06 bits per heavy atom. The number of nitrogens with zero attached hydrogens (tertiary/aromatic N) is 1. The summed E-state index contributed by atoms with van der Waals surface area (Å²) >= 11 is 0. The van der Waals surface area contributed by atoms with E-state index in [4.69, 9.17) is 4.74 Å². The lowest BCUT2D eigenvalue weighted by atomic mass is 10.1. The van der Waals surface area contributed by atoms with Crippen molar-refractivity contribution in [2.45, 2.75) is 59.2 Å². The monoisotopic (exact) mass is 256 g/mol. The molecule has 0 aromatic rings. The predicted molar refractivity (Wildman–Crippen MR) is 73.3 cm³/mol. The number of hydrogen-bond acceptors (Lipinski definition) is 3. The Morgan fingerprint density at radius 3 is 2.61 bits per heavy atom. The van der Waals surface area contributed by atoms with Crippen molar-refractivity contribution in [3.8, 4) is 0 Å². The number of amides is 1. The molecule has 106 valence electrons.